The van der Waals surface area contributed by atoms with Crippen LogP contribution in [0.1, 0.15) is 112 Å². The van der Waals surface area contributed by atoms with Gasteiger partial charge in [-0.2, -0.15) is 0 Å². The molecule has 8 fully saturated rings. The van der Waals surface area contributed by atoms with Crippen molar-refractivity contribution in [3.8, 4) is 0 Å². The summed E-state index contributed by atoms with van der Waals surface area (Å²) in [4.78, 5) is 24.8. The molecule has 0 aromatic carbocycles. The molecule has 0 amide bonds. The molecule has 0 radical (unpaired) electrons. The van der Waals surface area contributed by atoms with E-state index in [1.807, 2.05) is 13.0 Å². The van der Waals surface area contributed by atoms with Crippen molar-refractivity contribution >= 4 is 11.9 Å². The Labute approximate surface area is 402 Å². The maximum absolute atomic E-state index is 12.7. The van der Waals surface area contributed by atoms with Gasteiger partial charge in [0.1, 0.15) is 55.4 Å². The van der Waals surface area contributed by atoms with Crippen LogP contribution in [0.15, 0.2) is 11.6 Å². The van der Waals surface area contributed by atoms with E-state index in [1.165, 1.54) is 6.92 Å². The monoisotopic (exact) mass is 984 g/mol. The average Bonchev–Trinajstić information content (AvgIpc) is 3.84. The molecule has 69 heavy (non-hydrogen) atoms. The van der Waals surface area contributed by atoms with Crippen LogP contribution in [0, 0.1) is 34.5 Å². The summed E-state index contributed by atoms with van der Waals surface area (Å²) < 4.78 is 60.1. The van der Waals surface area contributed by atoms with E-state index in [9.17, 15) is 50.4 Å². The first-order chi connectivity index (χ1) is 32.7. The summed E-state index contributed by atoms with van der Waals surface area (Å²) in [6, 6.07) is 0. The zero-order chi connectivity index (χ0) is 49.5. The minimum Gasteiger partial charge on any atom is -0.459 e. The van der Waals surface area contributed by atoms with Crippen LogP contribution in [0.3, 0.4) is 0 Å². The van der Waals surface area contributed by atoms with Crippen molar-refractivity contribution in [2.45, 2.75) is 234 Å². The molecule has 26 atom stereocenters. The van der Waals surface area contributed by atoms with E-state index in [0.29, 0.717) is 30.8 Å². The van der Waals surface area contributed by atoms with Gasteiger partial charge in [-0.25, -0.2) is 4.79 Å². The number of rotatable bonds is 11. The lowest BCUT2D eigenvalue weighted by molar-refractivity contribution is -0.355. The van der Waals surface area contributed by atoms with Crippen LogP contribution < -0.4 is 0 Å². The van der Waals surface area contributed by atoms with E-state index < -0.39 is 134 Å². The zero-order valence-electron chi connectivity index (χ0n) is 40.5. The fraction of sp³-hybridized carbons (Fsp3) is 0.918. The van der Waals surface area contributed by atoms with Gasteiger partial charge in [-0.1, -0.05) is 13.8 Å². The van der Waals surface area contributed by atoms with Crippen LogP contribution in [-0.4, -0.2) is 188 Å². The maximum Gasteiger partial charge on any atom is 0.334 e. The average molecular weight is 985 g/mol. The molecular formula is C49H76O20. The lowest BCUT2D eigenvalue weighted by atomic mass is 9.42. The number of hydrogen-bond acceptors (Lipinski definition) is 20. The smallest absolute Gasteiger partial charge is 0.334 e. The van der Waals surface area contributed by atoms with E-state index in [1.54, 1.807) is 20.8 Å². The second-order valence-electron chi connectivity index (χ2n) is 22.1. The number of carbonyl (C=O) groups is 2. The van der Waals surface area contributed by atoms with Gasteiger partial charge in [0.2, 0.25) is 0 Å². The Morgan fingerprint density at radius 3 is 1.93 bits per heavy atom. The highest BCUT2D eigenvalue weighted by Crippen LogP contribution is 2.70. The Balaban J connectivity index is 0.752. The fourth-order valence-corrected chi connectivity index (χ4v) is 14.6. The van der Waals surface area contributed by atoms with E-state index in [2.05, 4.69) is 6.92 Å². The van der Waals surface area contributed by atoms with Crippen molar-refractivity contribution in [2.24, 2.45) is 34.5 Å². The molecule has 0 aromatic heterocycles. The van der Waals surface area contributed by atoms with Crippen molar-refractivity contribution in [1.29, 1.82) is 0 Å². The summed E-state index contributed by atoms with van der Waals surface area (Å²) in [6.45, 7) is 10.3. The molecule has 5 heterocycles. The Morgan fingerprint density at radius 1 is 0.710 bits per heavy atom. The topological polar surface area (TPSA) is 288 Å². The molecule has 8 N–H and O–H groups in total. The summed E-state index contributed by atoms with van der Waals surface area (Å²) >= 11 is 0. The van der Waals surface area contributed by atoms with Gasteiger partial charge >= 0.3 is 11.9 Å². The molecule has 20 nitrogen and oxygen atoms in total. The summed E-state index contributed by atoms with van der Waals surface area (Å²) in [5.41, 5.74) is -1.43. The van der Waals surface area contributed by atoms with E-state index in [4.69, 9.17) is 47.4 Å². The Bertz CT molecular complexity index is 1850. The lowest BCUT2D eigenvalue weighted by Gasteiger charge is -2.65. The number of aliphatic hydroxyl groups is 8. The number of cyclic esters (lactones) is 1. The van der Waals surface area contributed by atoms with Crippen molar-refractivity contribution in [1.82, 2.24) is 0 Å². The van der Waals surface area contributed by atoms with E-state index >= 15 is 0 Å². The zero-order valence-corrected chi connectivity index (χ0v) is 40.5. The van der Waals surface area contributed by atoms with Gasteiger partial charge in [0.25, 0.3) is 0 Å². The number of hydrogen-bond donors (Lipinski definition) is 8. The molecule has 26 unspecified atom stereocenters. The number of carbonyl (C=O) groups excluding carboxylic acids is 2. The van der Waals surface area contributed by atoms with Crippen LogP contribution in [-0.2, 0) is 57.0 Å². The van der Waals surface area contributed by atoms with Crippen molar-refractivity contribution in [3.63, 3.8) is 0 Å². The quantitative estimate of drug-likeness (QED) is 0.104. The number of ether oxygens (including phenoxy) is 10. The molecule has 392 valence electrons. The molecule has 4 saturated heterocycles. The third kappa shape index (κ3) is 9.37. The van der Waals surface area contributed by atoms with Crippen LogP contribution >= 0.6 is 0 Å². The minimum absolute atomic E-state index is 0.00554. The van der Waals surface area contributed by atoms with Gasteiger partial charge in [0, 0.05) is 43.1 Å². The Hall–Kier alpha value is -1.96. The standard InChI is InChI=1S/C49H76O20/c1-21-42(67-37-18-32(53)43(22(2)62-37)68-38-19-33(64-24(4)51)44(23(3)63-38)69-46-41(57)40(56)39(55)34(20-50)66-46)31(52)17-36(61-21)65-26-9-12-47(5)25(15-26)7-8-29-30(47)16-35(54)48(6)28(10-13-49(29,48)59)27-11-14-60-45(27)58/h11,21-23,25-26,28-44,46,50,52-57,59H,7-10,12-20H2,1-6H3. The lowest BCUT2D eigenvalue weighted by Crippen LogP contribution is -2.67. The van der Waals surface area contributed by atoms with Crippen LogP contribution in [0.4, 0.5) is 0 Å². The van der Waals surface area contributed by atoms with Crippen molar-refractivity contribution in [3.05, 3.63) is 11.6 Å². The van der Waals surface area contributed by atoms with Crippen LogP contribution in [0.25, 0.3) is 0 Å². The molecule has 9 aliphatic rings. The largest absolute Gasteiger partial charge is 0.459 e. The second-order valence-corrected chi connectivity index (χ2v) is 22.1. The first-order valence-corrected chi connectivity index (χ1v) is 25.4. The molecule has 0 bridgehead atoms. The van der Waals surface area contributed by atoms with Gasteiger partial charge in [0.05, 0.1) is 54.9 Å². The first-order valence-electron chi connectivity index (χ1n) is 25.4. The molecule has 0 spiro atoms. The highest BCUT2D eigenvalue weighted by Gasteiger charge is 2.71. The van der Waals surface area contributed by atoms with Gasteiger partial charge in [-0.05, 0) is 101 Å². The molecule has 5 aliphatic heterocycles. The van der Waals surface area contributed by atoms with Crippen molar-refractivity contribution < 1.29 is 97.8 Å². The van der Waals surface area contributed by atoms with Gasteiger partial charge < -0.3 is 88.2 Å². The predicted octanol–water partition coefficient (Wildman–Crippen LogP) is 0.613. The maximum atomic E-state index is 12.7. The van der Waals surface area contributed by atoms with Crippen molar-refractivity contribution in [2.75, 3.05) is 13.2 Å². The number of fused-ring (bicyclic) bond motifs is 5. The molecule has 9 rings (SSSR count). The van der Waals surface area contributed by atoms with Gasteiger partial charge in [0.15, 0.2) is 25.2 Å². The Kier molecular flexibility index (Phi) is 15.1. The van der Waals surface area contributed by atoms with Crippen LogP contribution in [0.2, 0.25) is 0 Å². The second kappa shape index (κ2) is 20.0. The van der Waals surface area contributed by atoms with Gasteiger partial charge in [-0.3, -0.25) is 4.79 Å². The SMILES string of the molecule is CC(=O)OC1CC(OC2C(O)CC(OC3C(O)CC(OC4CCC5(C)C(CCC6C5CC(O)C5(C)C(C7=CCOC7=O)CCC65O)C4)OC3C)OC2C)OC(C)C1OC1OC(CO)C(O)C(O)C1O. The fourth-order valence-electron chi connectivity index (χ4n) is 14.6. The number of aliphatic hydroxyl groups excluding tert-OH is 7. The highest BCUT2D eigenvalue weighted by molar-refractivity contribution is 5.91. The molecule has 4 saturated carbocycles. The molecule has 0 aromatic rings. The summed E-state index contributed by atoms with van der Waals surface area (Å²) in [5, 5.41) is 88.1. The molecule has 4 aliphatic carbocycles. The van der Waals surface area contributed by atoms with E-state index in [0.717, 1.165) is 32.1 Å². The number of esters is 2. The Morgan fingerprint density at radius 2 is 1.33 bits per heavy atom. The highest BCUT2D eigenvalue weighted by atomic mass is 16.8. The normalized spacial score (nSPS) is 53.3. The predicted molar refractivity (Wildman–Crippen MR) is 235 cm³/mol. The third-order valence-corrected chi connectivity index (χ3v) is 18.4. The van der Waals surface area contributed by atoms with Gasteiger partial charge in [-0.15, -0.1) is 0 Å². The first kappa shape index (κ1) is 51.9. The molecule has 20 heteroatoms. The summed E-state index contributed by atoms with van der Waals surface area (Å²) in [6.07, 6.45) is -11.1. The summed E-state index contributed by atoms with van der Waals surface area (Å²) in [7, 11) is 0. The van der Waals surface area contributed by atoms with E-state index in [-0.39, 0.29) is 61.1 Å². The molecular weight excluding hydrogens is 909 g/mol. The summed E-state index contributed by atoms with van der Waals surface area (Å²) in [5.74, 6) is -0.754. The van der Waals surface area contributed by atoms with Crippen LogP contribution in [0.5, 0.6) is 0 Å². The minimum atomic E-state index is -1.69. The third-order valence-electron chi connectivity index (χ3n) is 18.4.